The maximum absolute atomic E-state index is 12.3. The van der Waals surface area contributed by atoms with Crippen molar-refractivity contribution in [2.75, 3.05) is 19.6 Å². The second-order valence-corrected chi connectivity index (χ2v) is 7.09. The van der Waals surface area contributed by atoms with Gasteiger partial charge in [0.15, 0.2) is 0 Å². The molecule has 2 amide bonds. The first-order valence-electron chi connectivity index (χ1n) is 8.92. The average molecular weight is 377 g/mol. The van der Waals surface area contributed by atoms with Gasteiger partial charge in [0.1, 0.15) is 5.54 Å². The summed E-state index contributed by atoms with van der Waals surface area (Å²) in [4.78, 5) is 26.2. The van der Waals surface area contributed by atoms with Crippen LogP contribution in [0.25, 0.3) is 0 Å². The second-order valence-electron chi connectivity index (χ2n) is 6.66. The van der Waals surface area contributed by atoms with E-state index in [-0.39, 0.29) is 24.9 Å². The molecule has 1 aliphatic rings. The summed E-state index contributed by atoms with van der Waals surface area (Å²) in [6.45, 7) is 3.12. The largest absolute Gasteiger partial charge is 0.351 e. The summed E-state index contributed by atoms with van der Waals surface area (Å²) in [5, 5.41) is 15.7. The number of hydrogen-bond donors (Lipinski definition) is 2. The van der Waals surface area contributed by atoms with Gasteiger partial charge in [-0.15, -0.1) is 0 Å². The SMILES string of the molecule is CCN(CC(=O)NCc1ccc(Cl)cc1)CC(=O)NC1(C#N)CCCC1. The lowest BCUT2D eigenvalue weighted by Gasteiger charge is -2.25. The number of likely N-dealkylation sites (N-methyl/N-ethyl adjacent to an activating group) is 1. The van der Waals surface area contributed by atoms with Gasteiger partial charge in [0, 0.05) is 11.6 Å². The van der Waals surface area contributed by atoms with Crippen LogP contribution >= 0.6 is 11.6 Å². The molecule has 0 heterocycles. The molecule has 7 heteroatoms. The van der Waals surface area contributed by atoms with Crippen molar-refractivity contribution in [1.29, 1.82) is 5.26 Å². The third-order valence-corrected chi connectivity index (χ3v) is 4.89. The standard InChI is InChI=1S/C19H25ClN4O2/c1-2-24(13-18(26)23-19(14-21)9-3-4-10-19)12-17(25)22-11-15-5-7-16(20)8-6-15/h5-8H,2-4,9-13H2,1H3,(H,22,25)(H,23,26). The van der Waals surface area contributed by atoms with E-state index in [1.807, 2.05) is 19.1 Å². The fourth-order valence-corrected chi connectivity index (χ4v) is 3.22. The molecule has 1 aromatic rings. The molecule has 0 atom stereocenters. The summed E-state index contributed by atoms with van der Waals surface area (Å²) in [5.74, 6) is -0.355. The number of carbonyl (C=O) groups excluding carboxylic acids is 2. The maximum Gasteiger partial charge on any atom is 0.235 e. The van der Waals surface area contributed by atoms with Crippen molar-refractivity contribution in [2.24, 2.45) is 0 Å². The van der Waals surface area contributed by atoms with Crippen LogP contribution in [-0.2, 0) is 16.1 Å². The number of carbonyl (C=O) groups is 2. The minimum atomic E-state index is -0.729. The van der Waals surface area contributed by atoms with Crippen molar-refractivity contribution in [3.63, 3.8) is 0 Å². The molecule has 1 saturated carbocycles. The van der Waals surface area contributed by atoms with Gasteiger partial charge in [0.25, 0.3) is 0 Å². The van der Waals surface area contributed by atoms with Crippen LogP contribution < -0.4 is 10.6 Å². The quantitative estimate of drug-likeness (QED) is 0.728. The Morgan fingerprint density at radius 2 is 1.81 bits per heavy atom. The van der Waals surface area contributed by atoms with E-state index in [1.54, 1.807) is 17.0 Å². The molecule has 1 fully saturated rings. The number of amides is 2. The lowest BCUT2D eigenvalue weighted by atomic mass is 10.00. The highest BCUT2D eigenvalue weighted by molar-refractivity contribution is 6.30. The smallest absolute Gasteiger partial charge is 0.235 e. The molecular weight excluding hydrogens is 352 g/mol. The Labute approximate surface area is 159 Å². The van der Waals surface area contributed by atoms with E-state index in [0.29, 0.717) is 31.0 Å². The normalized spacial score (nSPS) is 15.5. The molecule has 6 nitrogen and oxygen atoms in total. The summed E-state index contributed by atoms with van der Waals surface area (Å²) in [7, 11) is 0. The van der Waals surface area contributed by atoms with Crippen molar-refractivity contribution < 1.29 is 9.59 Å². The molecule has 0 unspecified atom stereocenters. The van der Waals surface area contributed by atoms with E-state index in [9.17, 15) is 14.9 Å². The molecule has 1 aromatic carbocycles. The van der Waals surface area contributed by atoms with Gasteiger partial charge < -0.3 is 10.6 Å². The monoisotopic (exact) mass is 376 g/mol. The van der Waals surface area contributed by atoms with E-state index in [4.69, 9.17) is 11.6 Å². The number of hydrogen-bond acceptors (Lipinski definition) is 4. The van der Waals surface area contributed by atoms with E-state index in [1.165, 1.54) is 0 Å². The van der Waals surface area contributed by atoms with Crippen molar-refractivity contribution in [1.82, 2.24) is 15.5 Å². The van der Waals surface area contributed by atoms with Gasteiger partial charge in [-0.25, -0.2) is 0 Å². The molecule has 0 radical (unpaired) electrons. The Morgan fingerprint density at radius 1 is 1.19 bits per heavy atom. The third-order valence-electron chi connectivity index (χ3n) is 4.63. The fraction of sp³-hybridized carbons (Fsp3) is 0.526. The van der Waals surface area contributed by atoms with Gasteiger partial charge in [0.2, 0.25) is 11.8 Å². The first-order valence-corrected chi connectivity index (χ1v) is 9.30. The highest BCUT2D eigenvalue weighted by Gasteiger charge is 2.35. The minimum absolute atomic E-state index is 0.105. The van der Waals surface area contributed by atoms with Gasteiger partial charge in [-0.05, 0) is 49.9 Å². The lowest BCUT2D eigenvalue weighted by molar-refractivity contribution is -0.125. The topological polar surface area (TPSA) is 85.2 Å². The van der Waals surface area contributed by atoms with Crippen molar-refractivity contribution in [3.8, 4) is 6.07 Å². The molecular formula is C19H25ClN4O2. The van der Waals surface area contributed by atoms with Crippen LogP contribution in [0.1, 0.15) is 38.2 Å². The molecule has 1 aliphatic carbocycles. The van der Waals surface area contributed by atoms with Crippen LogP contribution in [-0.4, -0.2) is 41.9 Å². The van der Waals surface area contributed by atoms with Gasteiger partial charge in [-0.3, -0.25) is 14.5 Å². The Morgan fingerprint density at radius 3 is 2.38 bits per heavy atom. The number of nitriles is 1. The molecule has 2 N–H and O–H groups in total. The van der Waals surface area contributed by atoms with Gasteiger partial charge in [0.05, 0.1) is 19.2 Å². The molecule has 0 aliphatic heterocycles. The number of benzene rings is 1. The minimum Gasteiger partial charge on any atom is -0.351 e. The van der Waals surface area contributed by atoms with Gasteiger partial charge >= 0.3 is 0 Å². The molecule has 140 valence electrons. The predicted molar refractivity (Wildman–Crippen MR) is 100 cm³/mol. The van der Waals surface area contributed by atoms with Crippen molar-refractivity contribution in [3.05, 3.63) is 34.9 Å². The number of nitrogens with zero attached hydrogens (tertiary/aromatic N) is 2. The van der Waals surface area contributed by atoms with Crippen LogP contribution in [0, 0.1) is 11.3 Å². The molecule has 0 aromatic heterocycles. The van der Waals surface area contributed by atoms with Crippen LogP contribution in [0.4, 0.5) is 0 Å². The number of rotatable bonds is 8. The summed E-state index contributed by atoms with van der Waals surface area (Å²) in [6.07, 6.45) is 3.31. The van der Waals surface area contributed by atoms with Crippen LogP contribution in [0.5, 0.6) is 0 Å². The lowest BCUT2D eigenvalue weighted by Crippen LogP contribution is -2.50. The van der Waals surface area contributed by atoms with Crippen molar-refractivity contribution >= 4 is 23.4 Å². The first kappa shape index (κ1) is 20.2. The Hall–Kier alpha value is -2.10. The molecule has 0 spiro atoms. The second kappa shape index (κ2) is 9.56. The average Bonchev–Trinajstić information content (AvgIpc) is 3.09. The van der Waals surface area contributed by atoms with Gasteiger partial charge in [-0.2, -0.15) is 5.26 Å². The van der Waals surface area contributed by atoms with Crippen LogP contribution in [0.2, 0.25) is 5.02 Å². The highest BCUT2D eigenvalue weighted by Crippen LogP contribution is 2.28. The predicted octanol–water partition coefficient (Wildman–Crippen LogP) is 2.23. The molecule has 2 rings (SSSR count). The molecule has 26 heavy (non-hydrogen) atoms. The zero-order valence-corrected chi connectivity index (χ0v) is 15.8. The van der Waals surface area contributed by atoms with E-state index in [2.05, 4.69) is 16.7 Å². The number of halogens is 1. The summed E-state index contributed by atoms with van der Waals surface area (Å²) >= 11 is 5.84. The third kappa shape index (κ3) is 6.01. The Kier molecular flexibility index (Phi) is 7.43. The highest BCUT2D eigenvalue weighted by atomic mass is 35.5. The van der Waals surface area contributed by atoms with E-state index >= 15 is 0 Å². The van der Waals surface area contributed by atoms with E-state index in [0.717, 1.165) is 18.4 Å². The van der Waals surface area contributed by atoms with E-state index < -0.39 is 5.54 Å². The first-order chi connectivity index (χ1) is 12.5. The molecule has 0 bridgehead atoms. The summed E-state index contributed by atoms with van der Waals surface area (Å²) in [5.41, 5.74) is 0.230. The maximum atomic E-state index is 12.3. The summed E-state index contributed by atoms with van der Waals surface area (Å²) in [6, 6.07) is 9.51. The van der Waals surface area contributed by atoms with Gasteiger partial charge in [-0.1, -0.05) is 30.7 Å². The summed E-state index contributed by atoms with van der Waals surface area (Å²) < 4.78 is 0. The Bertz CT molecular complexity index is 663. The van der Waals surface area contributed by atoms with Crippen LogP contribution in [0.15, 0.2) is 24.3 Å². The van der Waals surface area contributed by atoms with Crippen molar-refractivity contribution in [2.45, 2.75) is 44.7 Å². The van der Waals surface area contributed by atoms with Crippen LogP contribution in [0.3, 0.4) is 0 Å². The Balaban J connectivity index is 1.78. The number of nitrogens with one attached hydrogen (secondary N) is 2. The molecule has 0 saturated heterocycles. The fourth-order valence-electron chi connectivity index (χ4n) is 3.09. The zero-order chi connectivity index (χ0) is 19.0. The zero-order valence-electron chi connectivity index (χ0n) is 15.1.